The maximum Gasteiger partial charge on any atom is 0.266 e. The third kappa shape index (κ3) is 3.59. The van der Waals surface area contributed by atoms with E-state index in [4.69, 9.17) is 9.72 Å². The van der Waals surface area contributed by atoms with Crippen LogP contribution in [0.25, 0.3) is 31.7 Å². The number of hydrogen-bond donors (Lipinski definition) is 0. The summed E-state index contributed by atoms with van der Waals surface area (Å²) in [5, 5.41) is 0.709. The van der Waals surface area contributed by atoms with Crippen LogP contribution in [0, 0.1) is 0 Å². The van der Waals surface area contributed by atoms with E-state index in [1.165, 1.54) is 11.3 Å². The summed E-state index contributed by atoms with van der Waals surface area (Å²) in [5.74, 6) is 1.36. The third-order valence-electron chi connectivity index (χ3n) is 5.52. The summed E-state index contributed by atoms with van der Waals surface area (Å²) in [6, 6.07) is 24.7. The van der Waals surface area contributed by atoms with Gasteiger partial charge >= 0.3 is 0 Å². The summed E-state index contributed by atoms with van der Waals surface area (Å²) in [5.41, 5.74) is 1.36. The molecule has 0 spiro atoms. The lowest BCUT2D eigenvalue weighted by Crippen LogP contribution is -2.28. The smallest absolute Gasteiger partial charge is 0.266 e. The Bertz CT molecular complexity index is 1540. The van der Waals surface area contributed by atoms with Crippen LogP contribution in [0.2, 0.25) is 0 Å². The van der Waals surface area contributed by atoms with Crippen LogP contribution >= 0.6 is 11.3 Å². The Morgan fingerprint density at radius 1 is 0.906 bits per heavy atom. The molecule has 0 fully saturated rings. The molecule has 0 unspecified atom stereocenters. The minimum absolute atomic E-state index is 0.156. The number of rotatable bonds is 5. The molecule has 0 saturated heterocycles. The standard InChI is InChI=1S/C26H20N2O3S/c1-31-19-13-11-17(12-14-19)15-16-28-24(18-7-3-2-4-8-18)27-25-22(26(28)30)23(29)20-9-5-6-10-21(20)32-25/h2-14H,15-16H2,1H3. The number of nitrogens with zero attached hydrogens (tertiary/aromatic N) is 2. The average molecular weight is 441 g/mol. The summed E-state index contributed by atoms with van der Waals surface area (Å²) in [6.45, 7) is 0.412. The van der Waals surface area contributed by atoms with Gasteiger partial charge in [-0.1, -0.05) is 54.6 Å². The fourth-order valence-corrected chi connectivity index (χ4v) is 4.87. The van der Waals surface area contributed by atoms with Crippen molar-refractivity contribution in [1.29, 1.82) is 0 Å². The Hall–Kier alpha value is -3.77. The molecule has 0 bridgehead atoms. The van der Waals surface area contributed by atoms with Crippen LogP contribution in [0.5, 0.6) is 5.75 Å². The van der Waals surface area contributed by atoms with E-state index >= 15 is 0 Å². The number of hydrogen-bond acceptors (Lipinski definition) is 5. The van der Waals surface area contributed by atoms with E-state index in [0.29, 0.717) is 29.0 Å². The van der Waals surface area contributed by atoms with E-state index in [2.05, 4.69) is 0 Å². The molecule has 0 radical (unpaired) electrons. The number of methoxy groups -OCH3 is 1. The van der Waals surface area contributed by atoms with Gasteiger partial charge in [-0.3, -0.25) is 14.2 Å². The van der Waals surface area contributed by atoms with Crippen LogP contribution < -0.4 is 15.7 Å². The second-order valence-corrected chi connectivity index (χ2v) is 8.49. The van der Waals surface area contributed by atoms with Gasteiger partial charge in [0.15, 0.2) is 0 Å². The molecular formula is C26H20N2O3S. The highest BCUT2D eigenvalue weighted by Gasteiger charge is 2.17. The summed E-state index contributed by atoms with van der Waals surface area (Å²) in [6.07, 6.45) is 0.627. The molecule has 0 aliphatic carbocycles. The third-order valence-corrected chi connectivity index (χ3v) is 6.58. The van der Waals surface area contributed by atoms with Gasteiger partial charge < -0.3 is 4.74 Å². The van der Waals surface area contributed by atoms with E-state index in [9.17, 15) is 9.59 Å². The minimum Gasteiger partial charge on any atom is -0.497 e. The van der Waals surface area contributed by atoms with Crippen molar-refractivity contribution in [2.45, 2.75) is 13.0 Å². The van der Waals surface area contributed by atoms with Crippen LogP contribution in [-0.2, 0) is 13.0 Å². The molecule has 5 nitrogen and oxygen atoms in total. The molecule has 2 heterocycles. The number of benzene rings is 3. The molecule has 0 atom stereocenters. The molecular weight excluding hydrogens is 420 g/mol. The number of aromatic nitrogens is 2. The van der Waals surface area contributed by atoms with E-state index in [0.717, 1.165) is 21.6 Å². The van der Waals surface area contributed by atoms with Crippen molar-refractivity contribution < 1.29 is 4.74 Å². The van der Waals surface area contributed by atoms with Crippen molar-refractivity contribution in [1.82, 2.24) is 9.55 Å². The van der Waals surface area contributed by atoms with Gasteiger partial charge in [-0.15, -0.1) is 11.3 Å². The van der Waals surface area contributed by atoms with Gasteiger partial charge in [0.05, 0.1) is 7.11 Å². The molecule has 3 aromatic carbocycles. The summed E-state index contributed by atoms with van der Waals surface area (Å²) >= 11 is 1.38. The van der Waals surface area contributed by atoms with Crippen LogP contribution in [-0.4, -0.2) is 16.7 Å². The van der Waals surface area contributed by atoms with Crippen LogP contribution in [0.1, 0.15) is 5.56 Å². The van der Waals surface area contributed by atoms with E-state index in [-0.39, 0.29) is 16.4 Å². The molecule has 6 heteroatoms. The molecule has 32 heavy (non-hydrogen) atoms. The second kappa shape index (κ2) is 8.40. The molecule has 2 aromatic heterocycles. The first-order valence-electron chi connectivity index (χ1n) is 10.3. The number of fused-ring (bicyclic) bond motifs is 2. The Morgan fingerprint density at radius 3 is 2.38 bits per heavy atom. The van der Waals surface area contributed by atoms with Crippen molar-refractivity contribution in [3.63, 3.8) is 0 Å². The second-order valence-electron chi connectivity index (χ2n) is 7.46. The quantitative estimate of drug-likeness (QED) is 0.365. The average Bonchev–Trinajstić information content (AvgIpc) is 2.84. The van der Waals surface area contributed by atoms with Crippen LogP contribution in [0.3, 0.4) is 0 Å². The van der Waals surface area contributed by atoms with Crippen molar-refractivity contribution in [3.8, 4) is 17.1 Å². The summed E-state index contributed by atoms with van der Waals surface area (Å²) < 4.78 is 7.68. The molecule has 0 saturated carbocycles. The summed E-state index contributed by atoms with van der Waals surface area (Å²) in [4.78, 5) is 32.1. The van der Waals surface area contributed by atoms with Gasteiger partial charge in [0, 0.05) is 22.2 Å². The van der Waals surface area contributed by atoms with Crippen molar-refractivity contribution in [3.05, 3.63) is 105 Å². The zero-order valence-corrected chi connectivity index (χ0v) is 18.3. The number of aryl methyl sites for hydroxylation is 1. The first-order valence-corrected chi connectivity index (χ1v) is 11.1. The topological polar surface area (TPSA) is 61.2 Å². The minimum atomic E-state index is -0.297. The molecule has 0 N–H and O–H groups in total. The highest BCUT2D eigenvalue weighted by Crippen LogP contribution is 2.25. The molecule has 0 aliphatic rings. The van der Waals surface area contributed by atoms with Gasteiger partial charge in [-0.25, -0.2) is 4.98 Å². The first kappa shape index (κ1) is 20.2. The molecule has 5 aromatic rings. The van der Waals surface area contributed by atoms with Crippen molar-refractivity contribution >= 4 is 31.6 Å². The maximum absolute atomic E-state index is 13.6. The van der Waals surface area contributed by atoms with Gasteiger partial charge in [-0.05, 0) is 36.2 Å². The molecule has 0 amide bonds. The predicted octanol–water partition coefficient (Wildman–Crippen LogP) is 4.89. The van der Waals surface area contributed by atoms with Gasteiger partial charge in [0.2, 0.25) is 5.43 Å². The lowest BCUT2D eigenvalue weighted by molar-refractivity contribution is 0.414. The Morgan fingerprint density at radius 2 is 1.62 bits per heavy atom. The summed E-state index contributed by atoms with van der Waals surface area (Å²) in [7, 11) is 1.63. The van der Waals surface area contributed by atoms with Crippen molar-refractivity contribution in [2.75, 3.05) is 7.11 Å². The van der Waals surface area contributed by atoms with Crippen molar-refractivity contribution in [2.24, 2.45) is 0 Å². The van der Waals surface area contributed by atoms with E-state index < -0.39 is 0 Å². The van der Waals surface area contributed by atoms with Crippen LogP contribution in [0.15, 0.2) is 88.5 Å². The Kier molecular flexibility index (Phi) is 5.29. The zero-order valence-electron chi connectivity index (χ0n) is 17.4. The largest absolute Gasteiger partial charge is 0.497 e. The fourth-order valence-electron chi connectivity index (χ4n) is 3.83. The fraction of sp³-hybridized carbons (Fsp3) is 0.115. The highest BCUT2D eigenvalue weighted by molar-refractivity contribution is 7.24. The number of ether oxygens (including phenoxy) is 1. The van der Waals surface area contributed by atoms with Gasteiger partial charge in [0.1, 0.15) is 21.8 Å². The molecule has 0 aliphatic heterocycles. The van der Waals surface area contributed by atoms with Gasteiger partial charge in [0.25, 0.3) is 5.56 Å². The van der Waals surface area contributed by atoms with Gasteiger partial charge in [-0.2, -0.15) is 0 Å². The monoisotopic (exact) mass is 440 g/mol. The van der Waals surface area contributed by atoms with Crippen LogP contribution in [0.4, 0.5) is 0 Å². The lowest BCUT2D eigenvalue weighted by atomic mass is 10.1. The Labute approximate surface area is 188 Å². The Balaban J connectivity index is 1.70. The normalized spacial score (nSPS) is 11.2. The molecule has 158 valence electrons. The molecule has 5 rings (SSSR count). The van der Waals surface area contributed by atoms with E-state index in [1.807, 2.05) is 72.8 Å². The van der Waals surface area contributed by atoms with E-state index in [1.54, 1.807) is 17.7 Å². The highest BCUT2D eigenvalue weighted by atomic mass is 32.1. The lowest BCUT2D eigenvalue weighted by Gasteiger charge is -2.14. The predicted molar refractivity (Wildman–Crippen MR) is 130 cm³/mol. The SMILES string of the molecule is COc1ccc(CCn2c(-c3ccccc3)nc3sc4ccccc4c(=O)c3c2=O)cc1. The first-order chi connectivity index (χ1) is 15.7. The zero-order chi connectivity index (χ0) is 22.1. The maximum atomic E-state index is 13.6.